The van der Waals surface area contributed by atoms with E-state index in [1.165, 1.54) is 12.1 Å². The summed E-state index contributed by atoms with van der Waals surface area (Å²) in [6.07, 6.45) is -0.999. The second-order valence-electron chi connectivity index (χ2n) is 8.21. The van der Waals surface area contributed by atoms with Crippen molar-refractivity contribution in [2.24, 2.45) is 10.8 Å². The highest BCUT2D eigenvalue weighted by molar-refractivity contribution is 6.35. The van der Waals surface area contributed by atoms with Crippen LogP contribution in [-0.4, -0.2) is 42.9 Å². The minimum atomic E-state index is -1.16. The number of halogens is 3. The molecule has 0 saturated carbocycles. The molecule has 0 spiro atoms. The molecule has 0 unspecified atom stereocenters. The fraction of sp³-hybridized carbons (Fsp3) is 0.632. The van der Waals surface area contributed by atoms with E-state index in [0.29, 0.717) is 28.6 Å². The number of aliphatic hydroxyl groups is 1. The molecule has 4 nitrogen and oxygen atoms in total. The van der Waals surface area contributed by atoms with Gasteiger partial charge >= 0.3 is 0 Å². The molecule has 0 bridgehead atoms. The van der Waals surface area contributed by atoms with Crippen LogP contribution in [0.4, 0.5) is 4.39 Å². The van der Waals surface area contributed by atoms with Gasteiger partial charge in [0.15, 0.2) is 0 Å². The minimum Gasteiger partial charge on any atom is -0.393 e. The highest BCUT2D eigenvalue weighted by Crippen LogP contribution is 2.39. The smallest absolute Gasteiger partial charge is 0.251 e. The predicted octanol–water partition coefficient (Wildman–Crippen LogP) is 3.84. The van der Waals surface area contributed by atoms with Gasteiger partial charge in [-0.15, -0.1) is 0 Å². The average molecular weight is 405 g/mol. The molecule has 1 aromatic carbocycles. The predicted molar refractivity (Wildman–Crippen MR) is 104 cm³/mol. The van der Waals surface area contributed by atoms with Crippen LogP contribution in [0.1, 0.15) is 44.0 Å². The Bertz CT molecular complexity index is 631. The van der Waals surface area contributed by atoms with Crippen molar-refractivity contribution in [2.45, 2.75) is 45.9 Å². The summed E-state index contributed by atoms with van der Waals surface area (Å²) in [7, 11) is 0. The fourth-order valence-electron chi connectivity index (χ4n) is 3.18. The van der Waals surface area contributed by atoms with E-state index in [2.05, 4.69) is 10.6 Å². The van der Waals surface area contributed by atoms with Crippen molar-refractivity contribution in [2.75, 3.05) is 19.6 Å². The molecule has 146 valence electrons. The van der Waals surface area contributed by atoms with Gasteiger partial charge in [0.1, 0.15) is 6.17 Å². The molecular weight excluding hydrogens is 378 g/mol. The molecule has 1 fully saturated rings. The third-order valence-electron chi connectivity index (χ3n) is 5.11. The molecule has 0 radical (unpaired) electrons. The molecule has 26 heavy (non-hydrogen) atoms. The molecule has 0 aromatic heterocycles. The van der Waals surface area contributed by atoms with Crippen molar-refractivity contribution in [1.82, 2.24) is 10.6 Å². The van der Waals surface area contributed by atoms with Crippen LogP contribution >= 0.6 is 23.2 Å². The van der Waals surface area contributed by atoms with Gasteiger partial charge in [-0.25, -0.2) is 4.39 Å². The number of hydrogen-bond acceptors (Lipinski definition) is 3. The van der Waals surface area contributed by atoms with Crippen molar-refractivity contribution in [3.8, 4) is 0 Å². The molecule has 1 amide bonds. The van der Waals surface area contributed by atoms with E-state index in [1.54, 1.807) is 6.07 Å². The molecule has 0 aliphatic carbocycles. The highest BCUT2D eigenvalue weighted by Gasteiger charge is 2.44. The van der Waals surface area contributed by atoms with Gasteiger partial charge in [0.25, 0.3) is 5.91 Å². The third kappa shape index (κ3) is 5.32. The van der Waals surface area contributed by atoms with Crippen molar-refractivity contribution in [3.63, 3.8) is 0 Å². The minimum absolute atomic E-state index is 0.145. The van der Waals surface area contributed by atoms with Gasteiger partial charge in [0.2, 0.25) is 0 Å². The molecule has 1 aliphatic heterocycles. The Labute approximate surface area is 164 Å². The first-order chi connectivity index (χ1) is 12.0. The molecular formula is C19H27Cl2FN2O2. The Morgan fingerprint density at radius 2 is 2.00 bits per heavy atom. The van der Waals surface area contributed by atoms with Crippen LogP contribution in [0.5, 0.6) is 0 Å². The molecule has 1 aliphatic rings. The van der Waals surface area contributed by atoms with E-state index >= 15 is 0 Å². The summed E-state index contributed by atoms with van der Waals surface area (Å²) >= 11 is 11.9. The van der Waals surface area contributed by atoms with Gasteiger partial charge in [-0.1, -0.05) is 44.0 Å². The van der Waals surface area contributed by atoms with E-state index < -0.39 is 17.7 Å². The van der Waals surface area contributed by atoms with E-state index in [4.69, 9.17) is 23.2 Å². The number of carbonyl (C=O) groups is 1. The number of piperidine rings is 1. The molecule has 2 rings (SSSR count). The van der Waals surface area contributed by atoms with Gasteiger partial charge in [0.05, 0.1) is 6.10 Å². The lowest BCUT2D eigenvalue weighted by Gasteiger charge is -2.44. The highest BCUT2D eigenvalue weighted by atomic mass is 35.5. The number of alkyl halides is 1. The first-order valence-corrected chi connectivity index (χ1v) is 9.56. The molecule has 3 N–H and O–H groups in total. The standard InChI is InChI=1S/C19H27Cl2FN2O2/c1-18(2,3)16(25)9-19(4-5-23-10-15(19)22)11-24-17(26)12-6-13(20)8-14(21)7-12/h6-8,15-16,23,25H,4-5,9-11H2,1-3H3,(H,24,26)/t15-,16+,19-/m1/s1. The van der Waals surface area contributed by atoms with Gasteiger partial charge in [-0.05, 0) is 43.0 Å². The van der Waals surface area contributed by atoms with Crippen LogP contribution in [0.2, 0.25) is 10.0 Å². The first-order valence-electron chi connectivity index (χ1n) is 8.81. The summed E-state index contributed by atoms with van der Waals surface area (Å²) in [5, 5.41) is 17.1. The third-order valence-corrected chi connectivity index (χ3v) is 5.55. The average Bonchev–Trinajstić information content (AvgIpc) is 2.53. The zero-order valence-corrected chi connectivity index (χ0v) is 16.9. The van der Waals surface area contributed by atoms with Crippen LogP contribution < -0.4 is 10.6 Å². The zero-order valence-electron chi connectivity index (χ0n) is 15.4. The Balaban J connectivity index is 2.15. The number of aliphatic hydroxyl groups excluding tert-OH is 1. The lowest BCUT2D eigenvalue weighted by Crippen LogP contribution is -2.54. The van der Waals surface area contributed by atoms with E-state index in [9.17, 15) is 14.3 Å². The van der Waals surface area contributed by atoms with Gasteiger partial charge in [-0.3, -0.25) is 4.79 Å². The van der Waals surface area contributed by atoms with Crippen LogP contribution in [0, 0.1) is 10.8 Å². The molecule has 3 atom stereocenters. The summed E-state index contributed by atoms with van der Waals surface area (Å²) in [4.78, 5) is 12.5. The molecule has 1 saturated heterocycles. The van der Waals surface area contributed by atoms with Crippen LogP contribution in [-0.2, 0) is 0 Å². The largest absolute Gasteiger partial charge is 0.393 e. The summed E-state index contributed by atoms with van der Waals surface area (Å²) in [5.41, 5.74) is -0.837. The summed E-state index contributed by atoms with van der Waals surface area (Å²) < 4.78 is 14.9. The Hall–Kier alpha value is -0.880. The summed E-state index contributed by atoms with van der Waals surface area (Å²) in [6, 6.07) is 4.59. The SMILES string of the molecule is CC(C)(C)[C@@H](O)C[C@@]1(CNC(=O)c2cc(Cl)cc(Cl)c2)CCNC[C@H]1F. The van der Waals surface area contributed by atoms with E-state index in [1.807, 2.05) is 20.8 Å². The van der Waals surface area contributed by atoms with Crippen molar-refractivity contribution >= 4 is 29.1 Å². The Morgan fingerprint density at radius 3 is 2.54 bits per heavy atom. The van der Waals surface area contributed by atoms with Crippen LogP contribution in [0.3, 0.4) is 0 Å². The quantitative estimate of drug-likeness (QED) is 0.698. The first kappa shape index (κ1) is 21.4. The van der Waals surface area contributed by atoms with Crippen LogP contribution in [0.15, 0.2) is 18.2 Å². The second kappa shape index (κ2) is 8.42. The number of benzene rings is 1. The number of nitrogens with one attached hydrogen (secondary N) is 2. The maximum absolute atomic E-state index is 14.9. The maximum Gasteiger partial charge on any atom is 0.251 e. The van der Waals surface area contributed by atoms with Crippen molar-refractivity contribution in [3.05, 3.63) is 33.8 Å². The fourth-order valence-corrected chi connectivity index (χ4v) is 3.70. The monoisotopic (exact) mass is 404 g/mol. The number of amides is 1. The summed E-state index contributed by atoms with van der Waals surface area (Å²) in [5.74, 6) is -0.357. The zero-order chi connectivity index (χ0) is 19.5. The second-order valence-corrected chi connectivity index (χ2v) is 9.08. The van der Waals surface area contributed by atoms with Gasteiger partial charge in [-0.2, -0.15) is 0 Å². The van der Waals surface area contributed by atoms with Crippen molar-refractivity contribution < 1.29 is 14.3 Å². The normalized spacial score (nSPS) is 25.0. The van der Waals surface area contributed by atoms with Crippen LogP contribution in [0.25, 0.3) is 0 Å². The molecule has 7 heteroatoms. The van der Waals surface area contributed by atoms with Crippen molar-refractivity contribution in [1.29, 1.82) is 0 Å². The van der Waals surface area contributed by atoms with E-state index in [-0.39, 0.29) is 30.8 Å². The number of hydrogen-bond donors (Lipinski definition) is 3. The van der Waals surface area contributed by atoms with Gasteiger partial charge in [0, 0.05) is 34.1 Å². The maximum atomic E-state index is 14.9. The Kier molecular flexibility index (Phi) is 6.94. The lowest BCUT2D eigenvalue weighted by molar-refractivity contribution is -0.0277. The van der Waals surface area contributed by atoms with E-state index in [0.717, 1.165) is 0 Å². The molecule has 1 aromatic rings. The number of carbonyl (C=O) groups excluding carboxylic acids is 1. The number of rotatable bonds is 5. The lowest BCUT2D eigenvalue weighted by atomic mass is 9.69. The van der Waals surface area contributed by atoms with Gasteiger partial charge < -0.3 is 15.7 Å². The molecule has 1 heterocycles. The topological polar surface area (TPSA) is 61.4 Å². The summed E-state index contributed by atoms with van der Waals surface area (Å²) in [6.45, 7) is 6.78. The Morgan fingerprint density at radius 1 is 1.38 bits per heavy atom.